The van der Waals surface area contributed by atoms with Crippen molar-refractivity contribution in [3.8, 4) is 0 Å². The lowest BCUT2D eigenvalue weighted by molar-refractivity contribution is 0.100. The van der Waals surface area contributed by atoms with Gasteiger partial charge in [-0.15, -0.1) is 0 Å². The average Bonchev–Trinajstić information content (AvgIpc) is 2.74. The lowest BCUT2D eigenvalue weighted by Crippen LogP contribution is -2.12. The summed E-state index contributed by atoms with van der Waals surface area (Å²) in [6, 6.07) is 12.0. The van der Waals surface area contributed by atoms with E-state index in [2.05, 4.69) is 18.0 Å². The fourth-order valence-corrected chi connectivity index (χ4v) is 4.17. The van der Waals surface area contributed by atoms with E-state index in [0.29, 0.717) is 27.1 Å². The second-order valence-corrected chi connectivity index (χ2v) is 7.59. The molecule has 1 unspecified atom stereocenters. The number of benzene rings is 2. The summed E-state index contributed by atoms with van der Waals surface area (Å²) >= 11 is 6.19. The normalized spacial score (nSPS) is 16.4. The number of amides is 1. The molecule has 1 aromatic heterocycles. The molecule has 0 saturated carbocycles. The highest BCUT2D eigenvalue weighted by Crippen LogP contribution is 2.42. The van der Waals surface area contributed by atoms with E-state index in [-0.39, 0.29) is 11.7 Å². The second kappa shape index (κ2) is 7.80. The molecule has 4 rings (SSSR count). The van der Waals surface area contributed by atoms with Crippen LogP contribution in [0.15, 0.2) is 60.8 Å². The summed E-state index contributed by atoms with van der Waals surface area (Å²) in [5.41, 5.74) is 9.91. The fraction of sp³-hybridized carbons (Fsp3) is 0.167. The SMILES string of the molecule is CCC1CC=CC(c2ccc3nccc(C(N)=O)c3c2)=C1c1cc(Cl)ccc1F. The van der Waals surface area contributed by atoms with Crippen molar-refractivity contribution in [2.24, 2.45) is 11.7 Å². The van der Waals surface area contributed by atoms with Crippen LogP contribution >= 0.6 is 11.6 Å². The van der Waals surface area contributed by atoms with E-state index in [1.54, 1.807) is 24.4 Å². The van der Waals surface area contributed by atoms with E-state index in [0.717, 1.165) is 29.6 Å². The van der Waals surface area contributed by atoms with Gasteiger partial charge in [0.15, 0.2) is 0 Å². The maximum absolute atomic E-state index is 14.8. The van der Waals surface area contributed by atoms with Gasteiger partial charge in [-0.05, 0) is 71.9 Å². The molecule has 1 atom stereocenters. The Kier molecular flexibility index (Phi) is 5.20. The first-order valence-corrected chi connectivity index (χ1v) is 9.92. The number of aromatic nitrogens is 1. The molecule has 3 nitrogen and oxygen atoms in total. The molecule has 1 aliphatic rings. The number of hydrogen-bond acceptors (Lipinski definition) is 2. The van der Waals surface area contributed by atoms with Crippen LogP contribution < -0.4 is 5.73 Å². The van der Waals surface area contributed by atoms with Crippen LogP contribution in [0.3, 0.4) is 0 Å². The van der Waals surface area contributed by atoms with Gasteiger partial charge in [0.1, 0.15) is 5.82 Å². The summed E-state index contributed by atoms with van der Waals surface area (Å²) in [5.74, 6) is -0.630. The molecule has 2 aromatic carbocycles. The largest absolute Gasteiger partial charge is 0.366 e. The molecule has 3 aromatic rings. The number of fused-ring (bicyclic) bond motifs is 1. The molecule has 0 spiro atoms. The molecule has 2 N–H and O–H groups in total. The Balaban J connectivity index is 2.00. The first-order valence-electron chi connectivity index (χ1n) is 9.54. The van der Waals surface area contributed by atoms with Crippen molar-refractivity contribution < 1.29 is 9.18 Å². The van der Waals surface area contributed by atoms with Crippen LogP contribution in [0.5, 0.6) is 0 Å². The van der Waals surface area contributed by atoms with Gasteiger partial charge in [0, 0.05) is 22.2 Å². The van der Waals surface area contributed by atoms with Crippen LogP contribution in [-0.4, -0.2) is 10.9 Å². The molecule has 29 heavy (non-hydrogen) atoms. The Morgan fingerprint density at radius 3 is 2.83 bits per heavy atom. The maximum Gasteiger partial charge on any atom is 0.249 e. The zero-order chi connectivity index (χ0) is 20.5. The minimum atomic E-state index is -0.504. The maximum atomic E-state index is 14.8. The number of hydrogen-bond donors (Lipinski definition) is 1. The third-order valence-corrected chi connectivity index (χ3v) is 5.67. The van der Waals surface area contributed by atoms with Crippen LogP contribution in [0.25, 0.3) is 22.0 Å². The number of carbonyl (C=O) groups is 1. The lowest BCUT2D eigenvalue weighted by Gasteiger charge is -2.26. The zero-order valence-corrected chi connectivity index (χ0v) is 16.7. The van der Waals surface area contributed by atoms with Gasteiger partial charge in [-0.3, -0.25) is 9.78 Å². The van der Waals surface area contributed by atoms with Crippen LogP contribution in [0.2, 0.25) is 5.02 Å². The number of nitrogens with zero attached hydrogens (tertiary/aromatic N) is 1. The van der Waals surface area contributed by atoms with Crippen LogP contribution in [0.1, 0.15) is 41.3 Å². The number of nitrogens with two attached hydrogens (primary N) is 1. The highest BCUT2D eigenvalue weighted by Gasteiger charge is 2.24. The molecular formula is C24H20ClFN2O. The van der Waals surface area contributed by atoms with Gasteiger partial charge in [-0.1, -0.05) is 36.7 Å². The third-order valence-electron chi connectivity index (χ3n) is 5.43. The summed E-state index contributed by atoms with van der Waals surface area (Å²) < 4.78 is 14.8. The molecule has 0 radical (unpaired) electrons. The Bertz CT molecular complexity index is 1180. The molecule has 146 valence electrons. The first kappa shape index (κ1) is 19.3. The molecule has 5 heteroatoms. The van der Waals surface area contributed by atoms with Crippen molar-refractivity contribution in [3.05, 3.63) is 88.3 Å². The van der Waals surface area contributed by atoms with E-state index in [9.17, 15) is 9.18 Å². The minimum Gasteiger partial charge on any atom is -0.366 e. The van der Waals surface area contributed by atoms with Crippen LogP contribution in [0.4, 0.5) is 4.39 Å². The number of pyridine rings is 1. The molecule has 0 bridgehead atoms. The van der Waals surface area contributed by atoms with E-state index in [1.807, 2.05) is 24.3 Å². The number of halogens is 2. The average molecular weight is 407 g/mol. The van der Waals surface area contributed by atoms with Gasteiger partial charge in [0.2, 0.25) is 5.91 Å². The van der Waals surface area contributed by atoms with Crippen LogP contribution in [-0.2, 0) is 0 Å². The van der Waals surface area contributed by atoms with Crippen molar-refractivity contribution in [2.45, 2.75) is 19.8 Å². The topological polar surface area (TPSA) is 56.0 Å². The zero-order valence-electron chi connectivity index (χ0n) is 16.0. The smallest absolute Gasteiger partial charge is 0.249 e. The van der Waals surface area contributed by atoms with Gasteiger partial charge in [0.25, 0.3) is 0 Å². The predicted molar refractivity (Wildman–Crippen MR) is 116 cm³/mol. The fourth-order valence-electron chi connectivity index (χ4n) is 4.00. The molecule has 1 amide bonds. The summed E-state index contributed by atoms with van der Waals surface area (Å²) in [6.45, 7) is 2.10. The van der Waals surface area contributed by atoms with E-state index in [4.69, 9.17) is 17.3 Å². The van der Waals surface area contributed by atoms with Crippen molar-refractivity contribution >= 4 is 39.6 Å². The molecule has 0 fully saturated rings. The van der Waals surface area contributed by atoms with Gasteiger partial charge in [-0.2, -0.15) is 0 Å². The lowest BCUT2D eigenvalue weighted by atomic mass is 9.79. The van der Waals surface area contributed by atoms with E-state index in [1.165, 1.54) is 6.07 Å². The molecule has 1 aliphatic carbocycles. The number of primary amides is 1. The molecule has 1 heterocycles. The summed E-state index contributed by atoms with van der Waals surface area (Å²) in [4.78, 5) is 16.2. The highest BCUT2D eigenvalue weighted by atomic mass is 35.5. The van der Waals surface area contributed by atoms with Crippen molar-refractivity contribution in [2.75, 3.05) is 0 Å². The number of carbonyl (C=O) groups excluding carboxylic acids is 1. The highest BCUT2D eigenvalue weighted by molar-refractivity contribution is 6.30. The standard InChI is InChI=1S/C24H20ClFN2O/c1-2-14-4-3-5-17(23(14)20-13-16(25)7-8-21(20)26)15-6-9-22-19(12-15)18(24(27)29)10-11-28-22/h3,5-14H,2,4H2,1H3,(H2,27,29). The van der Waals surface area contributed by atoms with Crippen molar-refractivity contribution in [3.63, 3.8) is 0 Å². The van der Waals surface area contributed by atoms with Crippen molar-refractivity contribution in [1.29, 1.82) is 0 Å². The van der Waals surface area contributed by atoms with Gasteiger partial charge >= 0.3 is 0 Å². The minimum absolute atomic E-state index is 0.170. The number of allylic oxidation sites excluding steroid dienone is 4. The Morgan fingerprint density at radius 1 is 1.24 bits per heavy atom. The second-order valence-electron chi connectivity index (χ2n) is 7.15. The monoisotopic (exact) mass is 406 g/mol. The number of rotatable bonds is 4. The quantitative estimate of drug-likeness (QED) is 0.575. The van der Waals surface area contributed by atoms with E-state index < -0.39 is 5.91 Å². The summed E-state index contributed by atoms with van der Waals surface area (Å²) in [5, 5.41) is 1.18. The van der Waals surface area contributed by atoms with Gasteiger partial charge in [-0.25, -0.2) is 4.39 Å². The molecule has 0 saturated heterocycles. The Morgan fingerprint density at radius 2 is 2.07 bits per heavy atom. The van der Waals surface area contributed by atoms with Crippen molar-refractivity contribution in [1.82, 2.24) is 4.98 Å². The summed E-state index contributed by atoms with van der Waals surface area (Å²) in [7, 11) is 0. The van der Waals surface area contributed by atoms with Gasteiger partial charge < -0.3 is 5.73 Å². The molecular weight excluding hydrogens is 387 g/mol. The summed E-state index contributed by atoms with van der Waals surface area (Å²) in [6.07, 6.45) is 7.41. The Hall–Kier alpha value is -2.98. The van der Waals surface area contributed by atoms with E-state index >= 15 is 0 Å². The first-order chi connectivity index (χ1) is 14.0. The predicted octanol–water partition coefficient (Wildman–Crippen LogP) is 6.02. The van der Waals surface area contributed by atoms with Crippen LogP contribution in [0, 0.1) is 11.7 Å². The third kappa shape index (κ3) is 3.56. The van der Waals surface area contributed by atoms with Gasteiger partial charge in [0.05, 0.1) is 11.1 Å². The Labute approximate surface area is 173 Å². The molecule has 0 aliphatic heterocycles.